The van der Waals surface area contributed by atoms with E-state index in [2.05, 4.69) is 67.3 Å². The molecule has 0 aliphatic heterocycles. The SMILES string of the molecule is CC(Nc1nc2cc(Br)ccc2s1)c1cccc(Br)c1. The summed E-state index contributed by atoms with van der Waals surface area (Å²) in [6.07, 6.45) is 0. The van der Waals surface area contributed by atoms with E-state index in [-0.39, 0.29) is 6.04 Å². The van der Waals surface area contributed by atoms with Crippen LogP contribution in [0.2, 0.25) is 0 Å². The number of hydrogen-bond donors (Lipinski definition) is 1. The molecule has 2 nitrogen and oxygen atoms in total. The number of nitrogens with zero attached hydrogens (tertiary/aromatic N) is 1. The Morgan fingerprint density at radius 2 is 1.90 bits per heavy atom. The van der Waals surface area contributed by atoms with Crippen molar-refractivity contribution < 1.29 is 0 Å². The van der Waals surface area contributed by atoms with Gasteiger partial charge in [-0.05, 0) is 42.8 Å². The molecule has 2 aromatic carbocycles. The van der Waals surface area contributed by atoms with Gasteiger partial charge in [-0.1, -0.05) is 55.3 Å². The monoisotopic (exact) mass is 410 g/mol. The Hall–Kier alpha value is -0.910. The maximum atomic E-state index is 4.63. The quantitative estimate of drug-likeness (QED) is 0.572. The summed E-state index contributed by atoms with van der Waals surface area (Å²) < 4.78 is 3.34. The van der Waals surface area contributed by atoms with Crippen LogP contribution < -0.4 is 5.32 Å². The molecular formula is C15H12Br2N2S. The van der Waals surface area contributed by atoms with Crippen LogP contribution in [-0.4, -0.2) is 4.98 Å². The first-order valence-corrected chi connectivity index (χ1v) is 8.60. The predicted molar refractivity (Wildman–Crippen MR) is 93.5 cm³/mol. The van der Waals surface area contributed by atoms with Crippen LogP contribution in [0.5, 0.6) is 0 Å². The summed E-state index contributed by atoms with van der Waals surface area (Å²) in [7, 11) is 0. The number of fused-ring (bicyclic) bond motifs is 1. The molecule has 1 N–H and O–H groups in total. The summed E-state index contributed by atoms with van der Waals surface area (Å²) in [5, 5.41) is 4.42. The van der Waals surface area contributed by atoms with Crippen molar-refractivity contribution in [1.82, 2.24) is 4.98 Å². The van der Waals surface area contributed by atoms with E-state index in [1.807, 2.05) is 24.3 Å². The molecule has 1 atom stereocenters. The van der Waals surface area contributed by atoms with Crippen LogP contribution in [0.3, 0.4) is 0 Å². The van der Waals surface area contributed by atoms with Crippen LogP contribution in [0.1, 0.15) is 18.5 Å². The highest BCUT2D eigenvalue weighted by Gasteiger charge is 2.09. The number of anilines is 1. The number of nitrogens with one attached hydrogen (secondary N) is 1. The lowest BCUT2D eigenvalue weighted by molar-refractivity contribution is 0.881. The van der Waals surface area contributed by atoms with Gasteiger partial charge >= 0.3 is 0 Å². The minimum atomic E-state index is 0.219. The lowest BCUT2D eigenvalue weighted by Gasteiger charge is -2.13. The van der Waals surface area contributed by atoms with Crippen LogP contribution in [0, 0.1) is 0 Å². The van der Waals surface area contributed by atoms with E-state index < -0.39 is 0 Å². The minimum Gasteiger partial charge on any atom is -0.355 e. The van der Waals surface area contributed by atoms with Gasteiger partial charge < -0.3 is 5.32 Å². The van der Waals surface area contributed by atoms with Crippen LogP contribution >= 0.6 is 43.2 Å². The molecule has 3 aromatic rings. The molecule has 0 spiro atoms. The highest BCUT2D eigenvalue weighted by atomic mass is 79.9. The molecule has 0 aliphatic carbocycles. The van der Waals surface area contributed by atoms with E-state index in [9.17, 15) is 0 Å². The third kappa shape index (κ3) is 3.05. The number of benzene rings is 2. The molecule has 0 amide bonds. The zero-order valence-corrected chi connectivity index (χ0v) is 14.7. The Kier molecular flexibility index (Phi) is 4.10. The van der Waals surface area contributed by atoms with Crippen LogP contribution in [-0.2, 0) is 0 Å². The van der Waals surface area contributed by atoms with Crippen molar-refractivity contribution in [3.8, 4) is 0 Å². The molecule has 0 bridgehead atoms. The van der Waals surface area contributed by atoms with E-state index in [0.717, 1.165) is 19.6 Å². The number of halogens is 2. The van der Waals surface area contributed by atoms with Crippen molar-refractivity contribution in [3.05, 3.63) is 57.0 Å². The molecule has 0 saturated heterocycles. The summed E-state index contributed by atoms with van der Waals surface area (Å²) in [6, 6.07) is 14.7. The molecule has 5 heteroatoms. The van der Waals surface area contributed by atoms with Gasteiger partial charge in [0.2, 0.25) is 0 Å². The van der Waals surface area contributed by atoms with Crippen molar-refractivity contribution >= 4 is 58.5 Å². The largest absolute Gasteiger partial charge is 0.355 e. The van der Waals surface area contributed by atoms with Gasteiger partial charge in [0.05, 0.1) is 16.3 Å². The lowest BCUT2D eigenvalue weighted by Crippen LogP contribution is -2.05. The highest BCUT2D eigenvalue weighted by molar-refractivity contribution is 9.10. The molecule has 102 valence electrons. The number of thiazole rings is 1. The molecule has 3 rings (SSSR count). The second-order valence-electron chi connectivity index (χ2n) is 4.55. The van der Waals surface area contributed by atoms with Crippen LogP contribution in [0.25, 0.3) is 10.2 Å². The molecule has 0 aliphatic rings. The van der Waals surface area contributed by atoms with E-state index in [4.69, 9.17) is 0 Å². The zero-order chi connectivity index (χ0) is 14.1. The average Bonchev–Trinajstić information content (AvgIpc) is 2.80. The predicted octanol–water partition coefficient (Wildman–Crippen LogP) is 5.99. The molecule has 1 unspecified atom stereocenters. The van der Waals surface area contributed by atoms with E-state index in [1.165, 1.54) is 10.3 Å². The fourth-order valence-electron chi connectivity index (χ4n) is 2.01. The van der Waals surface area contributed by atoms with Gasteiger partial charge in [-0.3, -0.25) is 0 Å². The zero-order valence-electron chi connectivity index (χ0n) is 10.7. The van der Waals surface area contributed by atoms with Gasteiger partial charge in [0, 0.05) is 8.95 Å². The molecule has 0 saturated carbocycles. The van der Waals surface area contributed by atoms with Gasteiger partial charge in [-0.2, -0.15) is 0 Å². The lowest BCUT2D eigenvalue weighted by atomic mass is 10.1. The molecular weight excluding hydrogens is 400 g/mol. The van der Waals surface area contributed by atoms with Gasteiger partial charge in [-0.25, -0.2) is 4.98 Å². The number of aromatic nitrogens is 1. The number of rotatable bonds is 3. The molecule has 1 heterocycles. The van der Waals surface area contributed by atoms with Crippen LogP contribution in [0.15, 0.2) is 51.4 Å². The number of hydrogen-bond acceptors (Lipinski definition) is 3. The Bertz CT molecular complexity index is 754. The van der Waals surface area contributed by atoms with Gasteiger partial charge in [-0.15, -0.1) is 0 Å². The maximum absolute atomic E-state index is 4.63. The third-order valence-electron chi connectivity index (χ3n) is 3.04. The Balaban J connectivity index is 1.85. The van der Waals surface area contributed by atoms with Crippen molar-refractivity contribution in [2.24, 2.45) is 0 Å². The van der Waals surface area contributed by atoms with E-state index in [1.54, 1.807) is 11.3 Å². The third-order valence-corrected chi connectivity index (χ3v) is 4.99. The Morgan fingerprint density at radius 3 is 2.70 bits per heavy atom. The Labute approximate surface area is 138 Å². The minimum absolute atomic E-state index is 0.219. The highest BCUT2D eigenvalue weighted by Crippen LogP contribution is 2.30. The second-order valence-corrected chi connectivity index (χ2v) is 7.41. The van der Waals surface area contributed by atoms with E-state index >= 15 is 0 Å². The summed E-state index contributed by atoms with van der Waals surface area (Å²) in [6.45, 7) is 2.14. The molecule has 0 fully saturated rings. The first-order chi connectivity index (χ1) is 9.61. The summed E-state index contributed by atoms with van der Waals surface area (Å²) >= 11 is 8.66. The second kappa shape index (κ2) is 5.84. The van der Waals surface area contributed by atoms with Crippen LogP contribution in [0.4, 0.5) is 5.13 Å². The fraction of sp³-hybridized carbons (Fsp3) is 0.133. The topological polar surface area (TPSA) is 24.9 Å². The molecule has 20 heavy (non-hydrogen) atoms. The van der Waals surface area contributed by atoms with Crippen molar-refractivity contribution in [3.63, 3.8) is 0 Å². The average molecular weight is 412 g/mol. The summed E-state index contributed by atoms with van der Waals surface area (Å²) in [4.78, 5) is 4.63. The summed E-state index contributed by atoms with van der Waals surface area (Å²) in [5.74, 6) is 0. The Morgan fingerprint density at radius 1 is 1.10 bits per heavy atom. The smallest absolute Gasteiger partial charge is 0.184 e. The fourth-order valence-corrected chi connectivity index (χ4v) is 3.71. The van der Waals surface area contributed by atoms with Gasteiger partial charge in [0.25, 0.3) is 0 Å². The maximum Gasteiger partial charge on any atom is 0.184 e. The molecule has 0 radical (unpaired) electrons. The normalized spacial score (nSPS) is 12.6. The van der Waals surface area contributed by atoms with Gasteiger partial charge in [0.1, 0.15) is 0 Å². The van der Waals surface area contributed by atoms with Crippen molar-refractivity contribution in [2.45, 2.75) is 13.0 Å². The van der Waals surface area contributed by atoms with Gasteiger partial charge in [0.15, 0.2) is 5.13 Å². The first-order valence-electron chi connectivity index (χ1n) is 6.20. The summed E-state index contributed by atoms with van der Waals surface area (Å²) in [5.41, 5.74) is 2.26. The van der Waals surface area contributed by atoms with Crippen molar-refractivity contribution in [2.75, 3.05) is 5.32 Å². The standard InChI is InChI=1S/C15H12Br2N2S/c1-9(10-3-2-4-11(16)7-10)18-15-19-13-8-12(17)5-6-14(13)20-15/h2-9H,1H3,(H,18,19). The van der Waals surface area contributed by atoms with Crippen molar-refractivity contribution in [1.29, 1.82) is 0 Å². The first kappa shape index (κ1) is 14.0. The molecule has 1 aromatic heterocycles. The van der Waals surface area contributed by atoms with E-state index in [0.29, 0.717) is 0 Å².